The van der Waals surface area contributed by atoms with Crippen LogP contribution in [0.4, 0.5) is 0 Å². The molecule has 4 heteroatoms. The van der Waals surface area contributed by atoms with Gasteiger partial charge in [-0.1, -0.05) is 84.0 Å². The molecule has 0 aromatic heterocycles. The standard InChI is InChI=1S/C19H37NO3/c1-3-4-5-6-7-8-9-10-11-12-13-14-15-16-18(21)20-17(2)19(22)23/h17H,3-16H2,1-2H3,(H,20,21)(H,22,23)/t17-/m1/s1. The van der Waals surface area contributed by atoms with Crippen LogP contribution in [0.5, 0.6) is 0 Å². The molecule has 0 aromatic rings. The van der Waals surface area contributed by atoms with Crippen LogP contribution in [-0.4, -0.2) is 23.0 Å². The predicted octanol–water partition coefficient (Wildman–Crippen LogP) is 5.06. The topological polar surface area (TPSA) is 66.4 Å². The molecule has 2 N–H and O–H groups in total. The van der Waals surface area contributed by atoms with Crippen LogP contribution >= 0.6 is 0 Å². The van der Waals surface area contributed by atoms with E-state index in [1.807, 2.05) is 0 Å². The highest BCUT2D eigenvalue weighted by Crippen LogP contribution is 2.12. The summed E-state index contributed by atoms with van der Waals surface area (Å²) in [5, 5.41) is 11.2. The third-order valence-electron chi connectivity index (χ3n) is 4.26. The van der Waals surface area contributed by atoms with Crippen LogP contribution in [0.3, 0.4) is 0 Å². The van der Waals surface area contributed by atoms with E-state index in [2.05, 4.69) is 12.2 Å². The lowest BCUT2D eigenvalue weighted by Crippen LogP contribution is -2.38. The predicted molar refractivity (Wildman–Crippen MR) is 95.6 cm³/mol. The molecule has 0 unspecified atom stereocenters. The van der Waals surface area contributed by atoms with E-state index >= 15 is 0 Å². The van der Waals surface area contributed by atoms with E-state index in [0.29, 0.717) is 6.42 Å². The van der Waals surface area contributed by atoms with Crippen molar-refractivity contribution < 1.29 is 14.7 Å². The highest BCUT2D eigenvalue weighted by Gasteiger charge is 2.12. The van der Waals surface area contributed by atoms with E-state index in [9.17, 15) is 9.59 Å². The molecule has 0 aromatic carbocycles. The van der Waals surface area contributed by atoms with Gasteiger partial charge in [0.1, 0.15) is 6.04 Å². The molecule has 1 amide bonds. The SMILES string of the molecule is CCCCCCCCCCCCCCCC(=O)N[C@H](C)C(=O)O. The molecular formula is C19H37NO3. The summed E-state index contributed by atoms with van der Waals surface area (Å²) in [5.74, 6) is -1.13. The second kappa shape index (κ2) is 15.8. The molecule has 0 aliphatic rings. The maximum atomic E-state index is 11.5. The van der Waals surface area contributed by atoms with Crippen molar-refractivity contribution in [2.75, 3.05) is 0 Å². The Bertz CT molecular complexity index is 305. The van der Waals surface area contributed by atoms with Gasteiger partial charge in [-0.3, -0.25) is 9.59 Å². The summed E-state index contributed by atoms with van der Waals surface area (Å²) in [4.78, 5) is 22.1. The number of carbonyl (C=O) groups excluding carboxylic acids is 1. The van der Waals surface area contributed by atoms with Crippen molar-refractivity contribution in [1.82, 2.24) is 5.32 Å². The number of hydrogen-bond acceptors (Lipinski definition) is 2. The van der Waals surface area contributed by atoms with Gasteiger partial charge in [0.25, 0.3) is 0 Å². The number of carboxylic acids is 1. The van der Waals surface area contributed by atoms with Crippen LogP contribution < -0.4 is 5.32 Å². The third-order valence-corrected chi connectivity index (χ3v) is 4.26. The summed E-state index contributed by atoms with van der Waals surface area (Å²) in [6.45, 7) is 3.74. The van der Waals surface area contributed by atoms with Crippen molar-refractivity contribution in [3.8, 4) is 0 Å². The normalized spacial score (nSPS) is 12.1. The minimum atomic E-state index is -0.983. The van der Waals surface area contributed by atoms with Crippen molar-refractivity contribution in [3.05, 3.63) is 0 Å². The van der Waals surface area contributed by atoms with E-state index in [1.165, 1.54) is 77.6 Å². The minimum absolute atomic E-state index is 0.150. The van der Waals surface area contributed by atoms with E-state index in [0.717, 1.165) is 12.8 Å². The monoisotopic (exact) mass is 327 g/mol. The van der Waals surface area contributed by atoms with Crippen molar-refractivity contribution >= 4 is 11.9 Å². The molecule has 4 nitrogen and oxygen atoms in total. The lowest BCUT2D eigenvalue weighted by Gasteiger charge is -2.08. The van der Waals surface area contributed by atoms with Gasteiger partial charge in [0.05, 0.1) is 0 Å². The molecule has 0 bridgehead atoms. The van der Waals surface area contributed by atoms with Gasteiger partial charge in [0, 0.05) is 6.42 Å². The summed E-state index contributed by atoms with van der Waals surface area (Å²) in [6.07, 6.45) is 17.1. The fraction of sp³-hybridized carbons (Fsp3) is 0.895. The summed E-state index contributed by atoms with van der Waals surface area (Å²) >= 11 is 0. The lowest BCUT2D eigenvalue weighted by molar-refractivity contribution is -0.141. The molecule has 0 spiro atoms. The Morgan fingerprint density at radius 3 is 1.57 bits per heavy atom. The number of carboxylic acid groups (broad SMARTS) is 1. The molecule has 0 rings (SSSR count). The molecular weight excluding hydrogens is 290 g/mol. The Morgan fingerprint density at radius 1 is 0.783 bits per heavy atom. The second-order valence-electron chi connectivity index (χ2n) is 6.62. The number of rotatable bonds is 16. The number of hydrogen-bond donors (Lipinski definition) is 2. The van der Waals surface area contributed by atoms with Gasteiger partial charge in [0.2, 0.25) is 5.91 Å². The van der Waals surface area contributed by atoms with Gasteiger partial charge in [-0.05, 0) is 13.3 Å². The van der Waals surface area contributed by atoms with Crippen LogP contribution in [-0.2, 0) is 9.59 Å². The number of carbonyl (C=O) groups is 2. The summed E-state index contributed by atoms with van der Waals surface area (Å²) in [6, 6.07) is -0.788. The Labute approximate surface area is 142 Å². The van der Waals surface area contributed by atoms with Gasteiger partial charge < -0.3 is 10.4 Å². The molecule has 0 saturated heterocycles. The van der Waals surface area contributed by atoms with Gasteiger partial charge >= 0.3 is 5.97 Å². The quantitative estimate of drug-likeness (QED) is 0.389. The highest BCUT2D eigenvalue weighted by atomic mass is 16.4. The molecule has 0 radical (unpaired) electrons. The highest BCUT2D eigenvalue weighted by molar-refractivity contribution is 5.83. The van der Waals surface area contributed by atoms with Crippen molar-refractivity contribution in [3.63, 3.8) is 0 Å². The van der Waals surface area contributed by atoms with Gasteiger partial charge in [0.15, 0.2) is 0 Å². The summed E-state index contributed by atoms with van der Waals surface area (Å²) in [5.41, 5.74) is 0. The van der Waals surface area contributed by atoms with Crippen LogP contribution in [0.25, 0.3) is 0 Å². The number of nitrogens with one attached hydrogen (secondary N) is 1. The molecule has 0 heterocycles. The second-order valence-corrected chi connectivity index (χ2v) is 6.62. The van der Waals surface area contributed by atoms with Crippen LogP contribution in [0.1, 0.15) is 104 Å². The zero-order chi connectivity index (χ0) is 17.3. The zero-order valence-electron chi connectivity index (χ0n) is 15.2. The van der Waals surface area contributed by atoms with E-state index in [1.54, 1.807) is 0 Å². The fourth-order valence-electron chi connectivity index (χ4n) is 2.68. The molecule has 0 saturated carbocycles. The first-order valence-corrected chi connectivity index (χ1v) is 9.60. The van der Waals surface area contributed by atoms with E-state index in [4.69, 9.17) is 5.11 Å². The Morgan fingerprint density at radius 2 is 1.17 bits per heavy atom. The first-order chi connectivity index (χ1) is 11.1. The van der Waals surface area contributed by atoms with Crippen LogP contribution in [0.2, 0.25) is 0 Å². The summed E-state index contributed by atoms with van der Waals surface area (Å²) in [7, 11) is 0. The van der Waals surface area contributed by atoms with Crippen molar-refractivity contribution in [1.29, 1.82) is 0 Å². The molecule has 0 aliphatic carbocycles. The number of aliphatic carboxylic acids is 1. The molecule has 1 atom stereocenters. The van der Waals surface area contributed by atoms with E-state index < -0.39 is 12.0 Å². The molecule has 0 aliphatic heterocycles. The zero-order valence-corrected chi connectivity index (χ0v) is 15.2. The van der Waals surface area contributed by atoms with Gasteiger partial charge in [-0.2, -0.15) is 0 Å². The van der Waals surface area contributed by atoms with Crippen molar-refractivity contribution in [2.45, 2.75) is 110 Å². The Hall–Kier alpha value is -1.06. The number of unbranched alkanes of at least 4 members (excludes halogenated alkanes) is 12. The minimum Gasteiger partial charge on any atom is -0.480 e. The van der Waals surface area contributed by atoms with Crippen LogP contribution in [0, 0.1) is 0 Å². The van der Waals surface area contributed by atoms with Crippen LogP contribution in [0.15, 0.2) is 0 Å². The molecule has 136 valence electrons. The Balaban J connectivity index is 3.21. The first kappa shape index (κ1) is 21.9. The smallest absolute Gasteiger partial charge is 0.325 e. The average Bonchev–Trinajstić information content (AvgIpc) is 2.51. The largest absolute Gasteiger partial charge is 0.480 e. The van der Waals surface area contributed by atoms with Crippen molar-refractivity contribution in [2.24, 2.45) is 0 Å². The lowest BCUT2D eigenvalue weighted by atomic mass is 10.0. The summed E-state index contributed by atoms with van der Waals surface area (Å²) < 4.78 is 0. The maximum absolute atomic E-state index is 11.5. The van der Waals surface area contributed by atoms with E-state index in [-0.39, 0.29) is 5.91 Å². The van der Waals surface area contributed by atoms with Gasteiger partial charge in [-0.25, -0.2) is 0 Å². The number of amides is 1. The average molecular weight is 328 g/mol. The molecule has 23 heavy (non-hydrogen) atoms. The fourth-order valence-corrected chi connectivity index (χ4v) is 2.68. The first-order valence-electron chi connectivity index (χ1n) is 9.60. The van der Waals surface area contributed by atoms with Gasteiger partial charge in [-0.15, -0.1) is 0 Å². The Kier molecular flexibility index (Phi) is 15.1. The maximum Gasteiger partial charge on any atom is 0.325 e. The molecule has 0 fully saturated rings. The third kappa shape index (κ3) is 15.6.